The quantitative estimate of drug-likeness (QED) is 0.761. The van der Waals surface area contributed by atoms with Crippen molar-refractivity contribution in [1.82, 2.24) is 5.32 Å². The third-order valence-electron chi connectivity index (χ3n) is 3.44. The van der Waals surface area contributed by atoms with E-state index in [1.54, 1.807) is 6.92 Å². The molecule has 0 spiro atoms. The van der Waals surface area contributed by atoms with Crippen LogP contribution in [0.5, 0.6) is 11.5 Å². The maximum absolute atomic E-state index is 12.1. The minimum atomic E-state index is -0.542. The molecular weight excluding hydrogens is 290 g/mol. The van der Waals surface area contributed by atoms with Crippen molar-refractivity contribution in [2.45, 2.75) is 26.4 Å². The van der Waals surface area contributed by atoms with Gasteiger partial charge in [0, 0.05) is 0 Å². The highest BCUT2D eigenvalue weighted by Gasteiger charge is 2.15. The van der Waals surface area contributed by atoms with Crippen LogP contribution < -0.4 is 14.8 Å². The lowest BCUT2D eigenvalue weighted by Gasteiger charge is -2.17. The Morgan fingerprint density at radius 3 is 2.52 bits per heavy atom. The molecule has 4 heteroatoms. The molecule has 2 rings (SSSR count). The lowest BCUT2D eigenvalue weighted by atomic mass is 10.1. The predicted molar refractivity (Wildman–Crippen MR) is 90.9 cm³/mol. The molecule has 4 nitrogen and oxygen atoms in total. The summed E-state index contributed by atoms with van der Waals surface area (Å²) in [5.74, 6) is 1.41. The topological polar surface area (TPSA) is 47.6 Å². The van der Waals surface area contributed by atoms with Crippen LogP contribution in [0.2, 0.25) is 0 Å². The molecule has 2 aromatic carbocycles. The van der Waals surface area contributed by atoms with Crippen LogP contribution in [0.15, 0.2) is 54.6 Å². The van der Waals surface area contributed by atoms with Crippen LogP contribution in [0.4, 0.5) is 0 Å². The second kappa shape index (κ2) is 8.83. The van der Waals surface area contributed by atoms with Crippen LogP contribution in [0, 0.1) is 0 Å². The van der Waals surface area contributed by atoms with E-state index in [1.165, 1.54) is 0 Å². The summed E-state index contributed by atoms with van der Waals surface area (Å²) in [5, 5.41) is 2.82. The summed E-state index contributed by atoms with van der Waals surface area (Å²) in [6, 6.07) is 17.3. The van der Waals surface area contributed by atoms with Gasteiger partial charge < -0.3 is 14.8 Å². The molecule has 0 aromatic heterocycles. The van der Waals surface area contributed by atoms with Gasteiger partial charge in [-0.1, -0.05) is 43.3 Å². The molecule has 2 aromatic rings. The molecular formula is C19H23NO3. The van der Waals surface area contributed by atoms with Crippen molar-refractivity contribution >= 4 is 5.91 Å². The molecule has 0 aliphatic heterocycles. The Bertz CT molecular complexity index is 613. The van der Waals surface area contributed by atoms with Gasteiger partial charge in [0.25, 0.3) is 5.91 Å². The number of ether oxygens (including phenoxy) is 2. The number of rotatable bonds is 8. The molecule has 1 atom stereocenters. The number of aryl methyl sites for hydroxylation is 1. The summed E-state index contributed by atoms with van der Waals surface area (Å²) in [7, 11) is 0. The predicted octanol–water partition coefficient (Wildman–Crippen LogP) is 3.21. The highest BCUT2D eigenvalue weighted by Crippen LogP contribution is 2.19. The van der Waals surface area contributed by atoms with Crippen molar-refractivity contribution in [3.05, 3.63) is 60.2 Å². The number of amides is 1. The average molecular weight is 313 g/mol. The summed E-state index contributed by atoms with van der Waals surface area (Å²) in [4.78, 5) is 12.1. The minimum absolute atomic E-state index is 0.146. The maximum atomic E-state index is 12.1. The number of benzene rings is 2. The first-order valence-corrected chi connectivity index (χ1v) is 7.91. The monoisotopic (exact) mass is 313 g/mol. The fourth-order valence-electron chi connectivity index (χ4n) is 2.16. The third kappa shape index (κ3) is 5.33. The molecule has 0 aliphatic rings. The van der Waals surface area contributed by atoms with E-state index in [1.807, 2.05) is 54.6 Å². The smallest absolute Gasteiger partial charge is 0.260 e. The molecule has 1 N–H and O–H groups in total. The Kier molecular flexibility index (Phi) is 6.48. The molecule has 0 radical (unpaired) electrons. The number of carbonyl (C=O) groups is 1. The highest BCUT2D eigenvalue weighted by atomic mass is 16.5. The van der Waals surface area contributed by atoms with Gasteiger partial charge in [-0.3, -0.25) is 4.79 Å². The van der Waals surface area contributed by atoms with E-state index >= 15 is 0 Å². The Hall–Kier alpha value is -2.49. The number of hydrogen-bond donors (Lipinski definition) is 1. The zero-order valence-electron chi connectivity index (χ0n) is 13.6. The van der Waals surface area contributed by atoms with Crippen molar-refractivity contribution in [2.75, 3.05) is 13.2 Å². The fourth-order valence-corrected chi connectivity index (χ4v) is 2.16. The number of hydrogen-bond acceptors (Lipinski definition) is 3. The van der Waals surface area contributed by atoms with Gasteiger partial charge in [-0.15, -0.1) is 0 Å². The molecule has 1 amide bonds. The summed E-state index contributed by atoms with van der Waals surface area (Å²) >= 11 is 0. The normalized spacial score (nSPS) is 11.6. The standard InChI is InChI=1S/C19H23NO3/c1-3-16-9-7-8-12-18(16)23-15(2)19(21)20-13-14-22-17-10-5-4-6-11-17/h4-12,15H,3,13-14H2,1-2H3,(H,20,21). The van der Waals surface area contributed by atoms with E-state index in [2.05, 4.69) is 12.2 Å². The third-order valence-corrected chi connectivity index (χ3v) is 3.44. The SMILES string of the molecule is CCc1ccccc1OC(C)C(=O)NCCOc1ccccc1. The van der Waals surface area contributed by atoms with Crippen LogP contribution in [-0.2, 0) is 11.2 Å². The molecule has 0 aliphatic carbocycles. The van der Waals surface area contributed by atoms with Crippen molar-refractivity contribution in [1.29, 1.82) is 0 Å². The highest BCUT2D eigenvalue weighted by molar-refractivity contribution is 5.80. The molecule has 0 heterocycles. The molecule has 0 bridgehead atoms. The average Bonchev–Trinajstić information content (AvgIpc) is 2.60. The summed E-state index contributed by atoms with van der Waals surface area (Å²) < 4.78 is 11.3. The number of carbonyl (C=O) groups excluding carboxylic acids is 1. The van der Waals surface area contributed by atoms with E-state index in [0.29, 0.717) is 13.2 Å². The lowest BCUT2D eigenvalue weighted by molar-refractivity contribution is -0.127. The van der Waals surface area contributed by atoms with Crippen LogP contribution in [-0.4, -0.2) is 25.2 Å². The van der Waals surface area contributed by atoms with E-state index in [-0.39, 0.29) is 5.91 Å². The Balaban J connectivity index is 1.74. The zero-order chi connectivity index (χ0) is 16.5. The molecule has 23 heavy (non-hydrogen) atoms. The van der Waals surface area contributed by atoms with Gasteiger partial charge in [0.05, 0.1) is 6.54 Å². The maximum Gasteiger partial charge on any atom is 0.260 e. The van der Waals surface area contributed by atoms with Gasteiger partial charge in [0.2, 0.25) is 0 Å². The van der Waals surface area contributed by atoms with Gasteiger partial charge >= 0.3 is 0 Å². The minimum Gasteiger partial charge on any atom is -0.492 e. The largest absolute Gasteiger partial charge is 0.492 e. The number of para-hydroxylation sites is 2. The van der Waals surface area contributed by atoms with Crippen LogP contribution in [0.1, 0.15) is 19.4 Å². The van der Waals surface area contributed by atoms with Gasteiger partial charge in [-0.2, -0.15) is 0 Å². The second-order valence-corrected chi connectivity index (χ2v) is 5.17. The van der Waals surface area contributed by atoms with E-state index in [9.17, 15) is 4.79 Å². The van der Waals surface area contributed by atoms with Crippen molar-refractivity contribution in [3.8, 4) is 11.5 Å². The van der Waals surface area contributed by atoms with E-state index in [4.69, 9.17) is 9.47 Å². The van der Waals surface area contributed by atoms with E-state index < -0.39 is 6.10 Å². The van der Waals surface area contributed by atoms with Crippen molar-refractivity contribution in [2.24, 2.45) is 0 Å². The lowest BCUT2D eigenvalue weighted by Crippen LogP contribution is -2.38. The van der Waals surface area contributed by atoms with Gasteiger partial charge in [-0.25, -0.2) is 0 Å². The molecule has 122 valence electrons. The van der Waals surface area contributed by atoms with Gasteiger partial charge in [0.1, 0.15) is 18.1 Å². The van der Waals surface area contributed by atoms with Crippen LogP contribution in [0.25, 0.3) is 0 Å². The molecule has 0 fully saturated rings. The van der Waals surface area contributed by atoms with Crippen LogP contribution in [0.3, 0.4) is 0 Å². The molecule has 1 unspecified atom stereocenters. The Labute approximate surface area is 137 Å². The first-order valence-electron chi connectivity index (χ1n) is 7.91. The van der Waals surface area contributed by atoms with Crippen molar-refractivity contribution < 1.29 is 14.3 Å². The van der Waals surface area contributed by atoms with Crippen LogP contribution >= 0.6 is 0 Å². The van der Waals surface area contributed by atoms with Crippen molar-refractivity contribution in [3.63, 3.8) is 0 Å². The summed E-state index contributed by atoms with van der Waals surface area (Å²) in [5.41, 5.74) is 1.10. The zero-order valence-corrected chi connectivity index (χ0v) is 13.6. The van der Waals surface area contributed by atoms with Gasteiger partial charge in [0.15, 0.2) is 6.10 Å². The van der Waals surface area contributed by atoms with E-state index in [0.717, 1.165) is 23.5 Å². The molecule has 0 saturated heterocycles. The summed E-state index contributed by atoms with van der Waals surface area (Å²) in [6.45, 7) is 4.68. The Morgan fingerprint density at radius 2 is 1.78 bits per heavy atom. The first-order chi connectivity index (χ1) is 11.2. The number of nitrogens with one attached hydrogen (secondary N) is 1. The summed E-state index contributed by atoms with van der Waals surface area (Å²) in [6.07, 6.45) is 0.328. The Morgan fingerprint density at radius 1 is 1.09 bits per heavy atom. The van der Waals surface area contributed by atoms with Gasteiger partial charge in [-0.05, 0) is 37.1 Å². The molecule has 0 saturated carbocycles. The second-order valence-electron chi connectivity index (χ2n) is 5.17. The fraction of sp³-hybridized carbons (Fsp3) is 0.316. The first kappa shape index (κ1) is 16.9.